The molecule has 1 amide bonds. The van der Waals surface area contributed by atoms with Gasteiger partial charge in [-0.25, -0.2) is 21.6 Å². The first-order chi connectivity index (χ1) is 10.5. The number of sulfone groups is 1. The lowest BCUT2D eigenvalue weighted by molar-refractivity contribution is -0.130. The predicted molar refractivity (Wildman–Crippen MR) is 81.0 cm³/mol. The van der Waals surface area contributed by atoms with Gasteiger partial charge in [0.05, 0.1) is 18.1 Å². The Bertz CT molecular complexity index is 792. The summed E-state index contributed by atoms with van der Waals surface area (Å²) in [5, 5.41) is 3.57. The summed E-state index contributed by atoms with van der Waals surface area (Å²) >= 11 is 0. The van der Waals surface area contributed by atoms with Crippen LogP contribution in [-0.2, 0) is 24.7 Å². The van der Waals surface area contributed by atoms with Gasteiger partial charge in [0.15, 0.2) is 15.6 Å². The Hall–Kier alpha value is -1.46. The number of nitrogens with one attached hydrogen (secondary N) is 1. The molecule has 0 spiro atoms. The summed E-state index contributed by atoms with van der Waals surface area (Å²) in [4.78, 5) is 13.3. The molecule has 1 saturated heterocycles. The fourth-order valence-corrected chi connectivity index (χ4v) is 5.57. The van der Waals surface area contributed by atoms with E-state index in [1.165, 1.54) is 25.8 Å². The number of aryl methyl sites for hydroxylation is 2. The van der Waals surface area contributed by atoms with Crippen molar-refractivity contribution in [2.75, 3.05) is 25.1 Å². The first-order valence-electron chi connectivity index (χ1n) is 6.92. The molecule has 0 bridgehead atoms. The smallest absolute Gasteiger partial charge is 0.246 e. The number of amides is 1. The number of aromatic nitrogens is 1. The van der Waals surface area contributed by atoms with Crippen molar-refractivity contribution in [1.82, 2.24) is 14.8 Å². The van der Waals surface area contributed by atoms with E-state index in [9.17, 15) is 21.6 Å². The summed E-state index contributed by atoms with van der Waals surface area (Å²) in [5.41, 5.74) is 0.206. The monoisotopic (exact) mass is 365 g/mol. The molecule has 1 aromatic rings. The fraction of sp³-hybridized carbons (Fsp3) is 0.667. The summed E-state index contributed by atoms with van der Waals surface area (Å²) in [6.07, 6.45) is 0.362. The third kappa shape index (κ3) is 3.90. The number of sulfonamides is 1. The van der Waals surface area contributed by atoms with Crippen LogP contribution in [-0.4, -0.2) is 63.9 Å². The first-order valence-corrected chi connectivity index (χ1v) is 10.2. The van der Waals surface area contributed by atoms with Gasteiger partial charge in [0.2, 0.25) is 15.9 Å². The molecule has 1 atom stereocenters. The van der Waals surface area contributed by atoms with Crippen molar-refractivity contribution >= 4 is 25.8 Å². The maximum absolute atomic E-state index is 12.2. The molecule has 1 fully saturated rings. The van der Waals surface area contributed by atoms with Crippen molar-refractivity contribution in [3.05, 3.63) is 11.5 Å². The van der Waals surface area contributed by atoms with Gasteiger partial charge in [-0.3, -0.25) is 4.79 Å². The molecule has 23 heavy (non-hydrogen) atoms. The highest BCUT2D eigenvalue weighted by Gasteiger charge is 2.33. The van der Waals surface area contributed by atoms with Gasteiger partial charge in [-0.05, 0) is 20.3 Å². The Morgan fingerprint density at radius 2 is 2.09 bits per heavy atom. The summed E-state index contributed by atoms with van der Waals surface area (Å²) in [5.74, 6) is -0.411. The van der Waals surface area contributed by atoms with Crippen LogP contribution in [0.15, 0.2) is 9.42 Å². The van der Waals surface area contributed by atoms with E-state index in [0.29, 0.717) is 6.42 Å². The Kier molecular flexibility index (Phi) is 4.83. The van der Waals surface area contributed by atoms with Crippen molar-refractivity contribution in [3.8, 4) is 0 Å². The second-order valence-corrected chi connectivity index (χ2v) is 9.47. The molecule has 2 rings (SSSR count). The average molecular weight is 365 g/mol. The molecule has 1 N–H and O–H groups in total. The van der Waals surface area contributed by atoms with Crippen molar-refractivity contribution in [1.29, 1.82) is 0 Å². The normalized spacial score (nSPS) is 20.6. The molecule has 130 valence electrons. The molecule has 1 aromatic heterocycles. The van der Waals surface area contributed by atoms with Crippen molar-refractivity contribution < 1.29 is 26.2 Å². The average Bonchev–Trinajstić information content (AvgIpc) is 2.98. The third-order valence-electron chi connectivity index (χ3n) is 3.80. The second kappa shape index (κ2) is 6.21. The zero-order chi connectivity index (χ0) is 17.4. The molecular formula is C12H19N3O6S2. The molecule has 0 aromatic carbocycles. The molecule has 2 heterocycles. The number of likely N-dealkylation sites (N-methyl/N-ethyl adjacent to an activating group) is 1. The summed E-state index contributed by atoms with van der Waals surface area (Å²) in [7, 11) is -5.57. The quantitative estimate of drug-likeness (QED) is 0.725. The van der Waals surface area contributed by atoms with Gasteiger partial charge in [0, 0.05) is 13.1 Å². The van der Waals surface area contributed by atoms with Gasteiger partial charge >= 0.3 is 0 Å². The van der Waals surface area contributed by atoms with Crippen LogP contribution in [0.2, 0.25) is 0 Å². The van der Waals surface area contributed by atoms with E-state index in [-0.39, 0.29) is 27.9 Å². The van der Waals surface area contributed by atoms with Crippen molar-refractivity contribution in [2.45, 2.75) is 31.2 Å². The Balaban J connectivity index is 2.02. The number of carbonyl (C=O) groups excluding carboxylic acids is 1. The number of carbonyl (C=O) groups is 1. The zero-order valence-corrected chi connectivity index (χ0v) is 14.7. The van der Waals surface area contributed by atoms with Crippen LogP contribution in [0.3, 0.4) is 0 Å². The summed E-state index contributed by atoms with van der Waals surface area (Å²) in [6, 6.07) is -0.420. The predicted octanol–water partition coefficient (Wildman–Crippen LogP) is -0.785. The molecule has 1 aliphatic rings. The molecule has 0 radical (unpaired) electrons. The number of rotatable bonds is 5. The molecule has 1 aliphatic heterocycles. The Morgan fingerprint density at radius 1 is 1.43 bits per heavy atom. The second-order valence-electron chi connectivity index (χ2n) is 5.54. The lowest BCUT2D eigenvalue weighted by Crippen LogP contribution is -2.43. The van der Waals surface area contributed by atoms with Crippen LogP contribution >= 0.6 is 0 Å². The van der Waals surface area contributed by atoms with Crippen LogP contribution in [0.25, 0.3) is 0 Å². The van der Waals surface area contributed by atoms with Gasteiger partial charge in [0.25, 0.3) is 0 Å². The van der Waals surface area contributed by atoms with E-state index in [4.69, 9.17) is 4.52 Å². The highest BCUT2D eigenvalue weighted by molar-refractivity contribution is 7.91. The SMILES string of the molecule is Cc1noc(C)c1S(=O)(=O)NCC(=O)N(C)C1CCS(=O)(=O)C1. The first kappa shape index (κ1) is 17.9. The molecule has 0 aliphatic carbocycles. The maximum Gasteiger partial charge on any atom is 0.246 e. The largest absolute Gasteiger partial charge is 0.360 e. The molecule has 1 unspecified atom stereocenters. The third-order valence-corrected chi connectivity index (χ3v) is 7.19. The van der Waals surface area contributed by atoms with E-state index < -0.39 is 38.4 Å². The standard InChI is InChI=1S/C12H19N3O6S2/c1-8-12(9(2)21-14-8)23(19,20)13-6-11(16)15(3)10-4-5-22(17,18)7-10/h10,13H,4-7H2,1-3H3. The number of hydrogen-bond donors (Lipinski definition) is 1. The van der Waals surface area contributed by atoms with E-state index in [2.05, 4.69) is 9.88 Å². The number of nitrogens with zero attached hydrogens (tertiary/aromatic N) is 2. The topological polar surface area (TPSA) is 127 Å². The van der Waals surface area contributed by atoms with Crippen LogP contribution in [0.1, 0.15) is 17.9 Å². The van der Waals surface area contributed by atoms with Gasteiger partial charge in [0.1, 0.15) is 10.6 Å². The highest BCUT2D eigenvalue weighted by Crippen LogP contribution is 2.19. The van der Waals surface area contributed by atoms with Crippen molar-refractivity contribution in [2.24, 2.45) is 0 Å². The zero-order valence-electron chi connectivity index (χ0n) is 13.1. The molecular weight excluding hydrogens is 346 g/mol. The fourth-order valence-electron chi connectivity index (χ4n) is 2.50. The Morgan fingerprint density at radius 3 is 2.57 bits per heavy atom. The summed E-state index contributed by atoms with van der Waals surface area (Å²) in [6.45, 7) is 2.49. The lowest BCUT2D eigenvalue weighted by Gasteiger charge is -2.23. The van der Waals surface area contributed by atoms with Crippen LogP contribution in [0.4, 0.5) is 0 Å². The van der Waals surface area contributed by atoms with Crippen molar-refractivity contribution in [3.63, 3.8) is 0 Å². The number of hydrogen-bond acceptors (Lipinski definition) is 7. The van der Waals surface area contributed by atoms with Gasteiger partial charge in [-0.2, -0.15) is 0 Å². The highest BCUT2D eigenvalue weighted by atomic mass is 32.2. The lowest BCUT2D eigenvalue weighted by atomic mass is 10.2. The minimum absolute atomic E-state index is 0.0418. The van der Waals surface area contributed by atoms with Crippen LogP contribution in [0, 0.1) is 13.8 Å². The minimum Gasteiger partial charge on any atom is -0.360 e. The van der Waals surface area contributed by atoms with Gasteiger partial charge in [-0.15, -0.1) is 0 Å². The maximum atomic E-state index is 12.2. The molecule has 11 heteroatoms. The van der Waals surface area contributed by atoms with E-state index >= 15 is 0 Å². The van der Waals surface area contributed by atoms with E-state index in [1.807, 2.05) is 0 Å². The Labute approximate surface area is 135 Å². The van der Waals surface area contributed by atoms with E-state index in [1.54, 1.807) is 0 Å². The summed E-state index contributed by atoms with van der Waals surface area (Å²) < 4.78 is 54.3. The van der Waals surface area contributed by atoms with Gasteiger partial charge in [-0.1, -0.05) is 5.16 Å². The van der Waals surface area contributed by atoms with Crippen LogP contribution < -0.4 is 4.72 Å². The van der Waals surface area contributed by atoms with Crippen LogP contribution in [0.5, 0.6) is 0 Å². The van der Waals surface area contributed by atoms with E-state index in [0.717, 1.165) is 0 Å². The molecule has 9 nitrogen and oxygen atoms in total. The minimum atomic E-state index is -3.93. The molecule has 0 saturated carbocycles. The van der Waals surface area contributed by atoms with Gasteiger partial charge < -0.3 is 9.42 Å².